The zero-order valence-corrected chi connectivity index (χ0v) is 17.7. The van der Waals surface area contributed by atoms with E-state index in [9.17, 15) is 5.11 Å². The fourth-order valence-corrected chi connectivity index (χ4v) is 6.08. The molecule has 0 aromatic rings. The second-order valence-electron chi connectivity index (χ2n) is 10.0. The van der Waals surface area contributed by atoms with Gasteiger partial charge < -0.3 is 5.11 Å². The van der Waals surface area contributed by atoms with Gasteiger partial charge in [0.25, 0.3) is 0 Å². The largest absolute Gasteiger partial charge is 0.396 e. The van der Waals surface area contributed by atoms with Crippen molar-refractivity contribution in [3.8, 4) is 0 Å². The Morgan fingerprint density at radius 1 is 1.15 bits per heavy atom. The van der Waals surface area contributed by atoms with E-state index in [1.165, 1.54) is 44.1 Å². The van der Waals surface area contributed by atoms with Crippen LogP contribution in [-0.4, -0.2) is 11.7 Å². The van der Waals surface area contributed by atoms with Crippen molar-refractivity contribution in [2.75, 3.05) is 6.61 Å². The van der Waals surface area contributed by atoms with E-state index in [4.69, 9.17) is 0 Å². The lowest BCUT2D eigenvalue weighted by atomic mass is 9.69. The number of hydrogen-bond donors (Lipinski definition) is 1. The van der Waals surface area contributed by atoms with Gasteiger partial charge >= 0.3 is 0 Å². The van der Waals surface area contributed by atoms with Crippen molar-refractivity contribution in [1.29, 1.82) is 0 Å². The van der Waals surface area contributed by atoms with Gasteiger partial charge in [-0.25, -0.2) is 0 Å². The maximum atomic E-state index is 9.79. The van der Waals surface area contributed by atoms with Gasteiger partial charge in [-0.3, -0.25) is 0 Å². The van der Waals surface area contributed by atoms with Crippen molar-refractivity contribution in [2.24, 2.45) is 35.0 Å². The minimum Gasteiger partial charge on any atom is -0.396 e. The molecule has 0 aromatic carbocycles. The summed E-state index contributed by atoms with van der Waals surface area (Å²) in [5, 5.41) is 9.79. The number of aliphatic hydroxyl groups excluding tert-OH is 1. The third kappa shape index (κ3) is 3.88. The molecule has 0 amide bonds. The third-order valence-electron chi connectivity index (χ3n) is 8.16. The van der Waals surface area contributed by atoms with Crippen LogP contribution in [0.5, 0.6) is 0 Å². The third-order valence-corrected chi connectivity index (χ3v) is 8.16. The first kappa shape index (κ1) is 19.9. The van der Waals surface area contributed by atoms with Crippen LogP contribution in [0.1, 0.15) is 79.6 Å². The van der Waals surface area contributed by atoms with Crippen molar-refractivity contribution in [3.05, 3.63) is 34.9 Å². The highest BCUT2D eigenvalue weighted by Gasteiger charge is 2.45. The summed E-state index contributed by atoms with van der Waals surface area (Å²) in [6, 6.07) is 0. The van der Waals surface area contributed by atoms with Gasteiger partial charge in [0, 0.05) is 12.5 Å². The average Bonchev–Trinajstić information content (AvgIpc) is 3.15. The van der Waals surface area contributed by atoms with Gasteiger partial charge in [0.2, 0.25) is 0 Å². The fraction of sp³-hybridized carbons (Fsp3) is 0.760. The molecular weight excluding hydrogens is 316 g/mol. The predicted molar refractivity (Wildman–Crippen MR) is 112 cm³/mol. The smallest absolute Gasteiger partial charge is 0.0459 e. The van der Waals surface area contributed by atoms with Crippen molar-refractivity contribution < 1.29 is 5.11 Å². The molecule has 0 heterocycles. The van der Waals surface area contributed by atoms with E-state index in [-0.39, 0.29) is 0 Å². The standard InChI is InChI=1S/C25H40O/c1-17-6-9-21-18(2)7-10-22(21)19(3)8-11-24-23(20(4)16-26)13-15-25(24,5)14-12-17/h8-9,12,18,20,22-24,26H,6-7,10-11,13-16H2,1-5H3/b17-12+,19-8-,21-9-/t18-,20+,22-,23-,24+,25+/m0/s1. The highest BCUT2D eigenvalue weighted by Crippen LogP contribution is 2.54. The van der Waals surface area contributed by atoms with Crippen LogP contribution in [-0.2, 0) is 0 Å². The molecule has 0 aromatic heterocycles. The molecule has 1 N–H and O–H groups in total. The zero-order chi connectivity index (χ0) is 18.9. The first-order chi connectivity index (χ1) is 12.4. The van der Waals surface area contributed by atoms with E-state index in [0.29, 0.717) is 35.7 Å². The molecule has 0 saturated heterocycles. The van der Waals surface area contributed by atoms with Gasteiger partial charge in [-0.05, 0) is 87.9 Å². The van der Waals surface area contributed by atoms with Gasteiger partial charge in [0.15, 0.2) is 0 Å². The van der Waals surface area contributed by atoms with E-state index >= 15 is 0 Å². The molecule has 0 radical (unpaired) electrons. The molecule has 3 rings (SSSR count). The molecule has 0 unspecified atom stereocenters. The quantitative estimate of drug-likeness (QED) is 0.546. The first-order valence-electron chi connectivity index (χ1n) is 11.0. The van der Waals surface area contributed by atoms with Crippen LogP contribution in [0.4, 0.5) is 0 Å². The topological polar surface area (TPSA) is 20.2 Å². The van der Waals surface area contributed by atoms with Gasteiger partial charge in [-0.2, -0.15) is 0 Å². The second kappa shape index (κ2) is 8.05. The van der Waals surface area contributed by atoms with Crippen molar-refractivity contribution in [1.82, 2.24) is 0 Å². The number of hydrogen-bond acceptors (Lipinski definition) is 1. The fourth-order valence-electron chi connectivity index (χ4n) is 6.08. The van der Waals surface area contributed by atoms with E-state index in [2.05, 4.69) is 52.8 Å². The Morgan fingerprint density at radius 2 is 1.92 bits per heavy atom. The monoisotopic (exact) mass is 356 g/mol. The van der Waals surface area contributed by atoms with Crippen LogP contribution in [0.15, 0.2) is 34.9 Å². The summed E-state index contributed by atoms with van der Waals surface area (Å²) in [4.78, 5) is 0. The molecule has 1 nitrogen and oxygen atoms in total. The number of rotatable bonds is 2. The Labute approximate surface area is 161 Å². The Balaban J connectivity index is 1.94. The predicted octanol–water partition coefficient (Wildman–Crippen LogP) is 6.70. The van der Waals surface area contributed by atoms with E-state index in [0.717, 1.165) is 12.3 Å². The maximum absolute atomic E-state index is 9.79. The normalized spacial score (nSPS) is 45.7. The van der Waals surface area contributed by atoms with Gasteiger partial charge in [-0.1, -0.05) is 55.7 Å². The van der Waals surface area contributed by atoms with Crippen LogP contribution in [0.3, 0.4) is 0 Å². The second-order valence-corrected chi connectivity index (χ2v) is 10.0. The highest BCUT2D eigenvalue weighted by atomic mass is 16.3. The molecule has 3 aliphatic rings. The summed E-state index contributed by atoms with van der Waals surface area (Å²) in [6.45, 7) is 12.2. The molecule has 0 bridgehead atoms. The molecule has 2 saturated carbocycles. The van der Waals surface area contributed by atoms with Crippen LogP contribution in [0, 0.1) is 35.0 Å². The maximum Gasteiger partial charge on any atom is 0.0459 e. The van der Waals surface area contributed by atoms with E-state index < -0.39 is 0 Å². The lowest BCUT2D eigenvalue weighted by Crippen LogP contribution is -2.29. The zero-order valence-electron chi connectivity index (χ0n) is 17.7. The van der Waals surface area contributed by atoms with Crippen LogP contribution < -0.4 is 0 Å². The minimum atomic E-state index is 0.335. The first-order valence-corrected chi connectivity index (χ1v) is 11.0. The van der Waals surface area contributed by atoms with Crippen molar-refractivity contribution in [2.45, 2.75) is 79.6 Å². The lowest BCUT2D eigenvalue weighted by Gasteiger charge is -2.35. The van der Waals surface area contributed by atoms with Gasteiger partial charge in [-0.15, -0.1) is 0 Å². The van der Waals surface area contributed by atoms with Crippen LogP contribution in [0.2, 0.25) is 0 Å². The summed E-state index contributed by atoms with van der Waals surface area (Å²) in [7, 11) is 0. The Kier molecular flexibility index (Phi) is 6.17. The van der Waals surface area contributed by atoms with Gasteiger partial charge in [0.1, 0.15) is 0 Å². The molecule has 2 fully saturated rings. The van der Waals surface area contributed by atoms with E-state index in [1.807, 2.05) is 0 Å². The van der Waals surface area contributed by atoms with E-state index in [1.54, 1.807) is 11.1 Å². The minimum absolute atomic E-state index is 0.335. The summed E-state index contributed by atoms with van der Waals surface area (Å²) in [6.07, 6.45) is 16.5. The molecule has 26 heavy (non-hydrogen) atoms. The van der Waals surface area contributed by atoms with Crippen LogP contribution >= 0.6 is 0 Å². The van der Waals surface area contributed by atoms with Crippen molar-refractivity contribution >= 4 is 0 Å². The Bertz CT molecular complexity index is 595. The number of allylic oxidation sites excluding steroid dienone is 6. The Morgan fingerprint density at radius 3 is 2.65 bits per heavy atom. The SMILES string of the molecule is C/C1=C/C[C@@H]2[C@H]([C@H](C)CO)CC[C@@]2(C)C/C=C(\C)C/C=C2\[C@H]1CC[C@@H]2C. The molecule has 6 atom stereocenters. The molecule has 0 spiro atoms. The summed E-state index contributed by atoms with van der Waals surface area (Å²) in [5.74, 6) is 3.23. The molecule has 1 heteroatoms. The summed E-state index contributed by atoms with van der Waals surface area (Å²) in [5.41, 5.74) is 5.23. The number of fused-ring (bicyclic) bond motifs is 2. The molecular formula is C25H40O. The summed E-state index contributed by atoms with van der Waals surface area (Å²) >= 11 is 0. The summed E-state index contributed by atoms with van der Waals surface area (Å²) < 4.78 is 0. The molecule has 146 valence electrons. The number of aliphatic hydroxyl groups is 1. The molecule has 3 aliphatic carbocycles. The van der Waals surface area contributed by atoms with Crippen LogP contribution in [0.25, 0.3) is 0 Å². The average molecular weight is 357 g/mol. The molecule has 0 aliphatic heterocycles. The lowest BCUT2D eigenvalue weighted by molar-refractivity contribution is 0.122. The van der Waals surface area contributed by atoms with Gasteiger partial charge in [0.05, 0.1) is 0 Å². The highest BCUT2D eigenvalue weighted by molar-refractivity contribution is 5.27. The Hall–Kier alpha value is -0.820. The van der Waals surface area contributed by atoms with Crippen molar-refractivity contribution in [3.63, 3.8) is 0 Å².